The van der Waals surface area contributed by atoms with Gasteiger partial charge in [-0.25, -0.2) is 0 Å². The van der Waals surface area contributed by atoms with E-state index in [4.69, 9.17) is 16.1 Å². The van der Waals surface area contributed by atoms with Crippen LogP contribution in [0.5, 0.6) is 0 Å². The third kappa shape index (κ3) is 4.19. The van der Waals surface area contributed by atoms with Crippen LogP contribution in [0.25, 0.3) is 0 Å². The first kappa shape index (κ1) is 17.9. The number of carbonyl (C=O) groups excluding carboxylic acids is 1. The molecule has 1 aromatic carbocycles. The summed E-state index contributed by atoms with van der Waals surface area (Å²) in [5.74, 6) is 1.32. The van der Waals surface area contributed by atoms with Crippen LogP contribution >= 0.6 is 11.6 Å². The van der Waals surface area contributed by atoms with Crippen LogP contribution in [0, 0.1) is 0 Å². The second-order valence-corrected chi connectivity index (χ2v) is 7.72. The number of piperazine rings is 1. The van der Waals surface area contributed by atoms with Gasteiger partial charge in [0.2, 0.25) is 5.89 Å². The van der Waals surface area contributed by atoms with Crippen LogP contribution < -0.4 is 0 Å². The minimum atomic E-state index is -0.148. The molecule has 6 nitrogen and oxygen atoms in total. The SMILES string of the molecule is CC(C)(C)c1nc(CN2CCN(C(=O)c3ccccc3Cl)CC2)no1. The van der Waals surface area contributed by atoms with Crippen molar-refractivity contribution in [2.45, 2.75) is 32.7 Å². The first-order valence-electron chi connectivity index (χ1n) is 8.44. The topological polar surface area (TPSA) is 62.5 Å². The van der Waals surface area contributed by atoms with Gasteiger partial charge in [0.15, 0.2) is 5.82 Å². The summed E-state index contributed by atoms with van der Waals surface area (Å²) in [5.41, 5.74) is 0.413. The van der Waals surface area contributed by atoms with E-state index in [0.717, 1.165) is 13.1 Å². The number of carbonyl (C=O) groups is 1. The van der Waals surface area contributed by atoms with E-state index in [1.165, 1.54) is 0 Å². The zero-order valence-electron chi connectivity index (χ0n) is 14.8. The Kier molecular flexibility index (Phi) is 5.11. The summed E-state index contributed by atoms with van der Waals surface area (Å²) in [6.45, 7) is 9.64. The summed E-state index contributed by atoms with van der Waals surface area (Å²) in [4.78, 5) is 21.1. The number of halogens is 1. The molecule has 2 aromatic rings. The van der Waals surface area contributed by atoms with Crippen LogP contribution in [0.15, 0.2) is 28.8 Å². The van der Waals surface area contributed by atoms with E-state index in [0.29, 0.717) is 41.9 Å². The zero-order valence-corrected chi connectivity index (χ0v) is 15.6. The maximum Gasteiger partial charge on any atom is 0.255 e. The monoisotopic (exact) mass is 362 g/mol. The van der Waals surface area contributed by atoms with Crippen LogP contribution in [0.2, 0.25) is 5.02 Å². The molecular weight excluding hydrogens is 340 g/mol. The molecule has 1 aliphatic heterocycles. The molecule has 0 N–H and O–H groups in total. The standard InChI is InChI=1S/C18H23ClN4O2/c1-18(2,3)17-20-15(21-25-17)12-22-8-10-23(11-9-22)16(24)13-6-4-5-7-14(13)19/h4-7H,8-12H2,1-3H3. The fourth-order valence-electron chi connectivity index (χ4n) is 2.74. The van der Waals surface area contributed by atoms with Crippen LogP contribution in [0.4, 0.5) is 0 Å². The number of nitrogens with zero attached hydrogens (tertiary/aromatic N) is 4. The molecule has 0 saturated carbocycles. The lowest BCUT2D eigenvalue weighted by atomic mass is 9.97. The molecule has 0 aliphatic carbocycles. The van der Waals surface area contributed by atoms with Crippen molar-refractivity contribution in [3.63, 3.8) is 0 Å². The van der Waals surface area contributed by atoms with Gasteiger partial charge in [-0.3, -0.25) is 9.69 Å². The Bertz CT molecular complexity index is 746. The van der Waals surface area contributed by atoms with Gasteiger partial charge in [0.25, 0.3) is 5.91 Å². The van der Waals surface area contributed by atoms with Crippen LogP contribution in [-0.4, -0.2) is 52.0 Å². The van der Waals surface area contributed by atoms with E-state index in [1.54, 1.807) is 12.1 Å². The fourth-order valence-corrected chi connectivity index (χ4v) is 2.95. The minimum absolute atomic E-state index is 0.0140. The molecule has 0 unspecified atom stereocenters. The summed E-state index contributed by atoms with van der Waals surface area (Å²) in [6.07, 6.45) is 0. The van der Waals surface area contributed by atoms with Crippen molar-refractivity contribution in [2.75, 3.05) is 26.2 Å². The molecule has 7 heteroatoms. The number of rotatable bonds is 3. The summed E-state index contributed by atoms with van der Waals surface area (Å²) in [6, 6.07) is 7.17. The Morgan fingerprint density at radius 2 is 1.88 bits per heavy atom. The van der Waals surface area contributed by atoms with Gasteiger partial charge in [-0.1, -0.05) is 49.7 Å². The first-order chi connectivity index (χ1) is 11.8. The summed E-state index contributed by atoms with van der Waals surface area (Å²) in [7, 11) is 0. The fraction of sp³-hybridized carbons (Fsp3) is 0.500. The minimum Gasteiger partial charge on any atom is -0.339 e. The molecule has 2 heterocycles. The Labute approximate surface area is 152 Å². The highest BCUT2D eigenvalue weighted by atomic mass is 35.5. The Morgan fingerprint density at radius 3 is 2.48 bits per heavy atom. The van der Waals surface area contributed by atoms with Crippen LogP contribution in [0.1, 0.15) is 42.8 Å². The van der Waals surface area contributed by atoms with Gasteiger partial charge in [-0.05, 0) is 12.1 Å². The summed E-state index contributed by atoms with van der Waals surface area (Å²) in [5, 5.41) is 4.56. The zero-order chi connectivity index (χ0) is 18.0. The summed E-state index contributed by atoms with van der Waals surface area (Å²) >= 11 is 6.13. The van der Waals surface area contributed by atoms with Gasteiger partial charge < -0.3 is 9.42 Å². The average molecular weight is 363 g/mol. The predicted molar refractivity (Wildman–Crippen MR) is 95.6 cm³/mol. The molecular formula is C18H23ClN4O2. The molecule has 1 aromatic heterocycles. The lowest BCUT2D eigenvalue weighted by Gasteiger charge is -2.34. The largest absolute Gasteiger partial charge is 0.339 e. The van der Waals surface area contributed by atoms with Gasteiger partial charge in [0.05, 0.1) is 17.1 Å². The first-order valence-corrected chi connectivity index (χ1v) is 8.81. The van der Waals surface area contributed by atoms with Gasteiger partial charge in [0.1, 0.15) is 0 Å². The summed E-state index contributed by atoms with van der Waals surface area (Å²) < 4.78 is 5.33. The molecule has 1 amide bonds. The number of hydrogen-bond acceptors (Lipinski definition) is 5. The highest BCUT2D eigenvalue weighted by Crippen LogP contribution is 2.21. The molecule has 25 heavy (non-hydrogen) atoms. The van der Waals surface area contributed by atoms with Crippen molar-refractivity contribution < 1.29 is 9.32 Å². The average Bonchev–Trinajstić information content (AvgIpc) is 3.04. The molecule has 1 saturated heterocycles. The van der Waals surface area contributed by atoms with Crippen molar-refractivity contribution in [1.82, 2.24) is 19.9 Å². The van der Waals surface area contributed by atoms with Gasteiger partial charge >= 0.3 is 0 Å². The van der Waals surface area contributed by atoms with Crippen molar-refractivity contribution >= 4 is 17.5 Å². The third-order valence-electron chi connectivity index (χ3n) is 4.24. The highest BCUT2D eigenvalue weighted by molar-refractivity contribution is 6.33. The van der Waals surface area contributed by atoms with Crippen molar-refractivity contribution in [3.8, 4) is 0 Å². The number of amides is 1. The number of benzene rings is 1. The maximum absolute atomic E-state index is 12.6. The van der Waals surface area contributed by atoms with Gasteiger partial charge in [0, 0.05) is 31.6 Å². The van der Waals surface area contributed by atoms with E-state index in [2.05, 4.69) is 15.0 Å². The van der Waals surface area contributed by atoms with Crippen molar-refractivity contribution in [1.29, 1.82) is 0 Å². The van der Waals surface area contributed by atoms with E-state index in [-0.39, 0.29) is 11.3 Å². The van der Waals surface area contributed by atoms with Crippen LogP contribution in [0.3, 0.4) is 0 Å². The van der Waals surface area contributed by atoms with E-state index in [9.17, 15) is 4.79 Å². The molecule has 0 atom stereocenters. The van der Waals surface area contributed by atoms with E-state index >= 15 is 0 Å². The normalized spacial score (nSPS) is 16.2. The van der Waals surface area contributed by atoms with Crippen molar-refractivity contribution in [3.05, 3.63) is 46.6 Å². The third-order valence-corrected chi connectivity index (χ3v) is 4.57. The Balaban J connectivity index is 1.56. The molecule has 3 rings (SSSR count). The molecule has 134 valence electrons. The van der Waals surface area contributed by atoms with E-state index < -0.39 is 0 Å². The Morgan fingerprint density at radius 1 is 1.20 bits per heavy atom. The van der Waals surface area contributed by atoms with Gasteiger partial charge in [-0.15, -0.1) is 0 Å². The van der Waals surface area contributed by atoms with Crippen molar-refractivity contribution in [2.24, 2.45) is 0 Å². The molecule has 0 radical (unpaired) electrons. The van der Waals surface area contributed by atoms with Gasteiger partial charge in [-0.2, -0.15) is 4.98 Å². The lowest BCUT2D eigenvalue weighted by molar-refractivity contribution is 0.0624. The second-order valence-electron chi connectivity index (χ2n) is 7.31. The number of aromatic nitrogens is 2. The van der Waals surface area contributed by atoms with E-state index in [1.807, 2.05) is 37.8 Å². The smallest absolute Gasteiger partial charge is 0.255 e. The molecule has 0 spiro atoms. The lowest BCUT2D eigenvalue weighted by Crippen LogP contribution is -2.48. The van der Waals surface area contributed by atoms with Crippen LogP contribution in [-0.2, 0) is 12.0 Å². The molecule has 0 bridgehead atoms. The maximum atomic E-state index is 12.6. The Hall–Kier alpha value is -1.92. The predicted octanol–water partition coefficient (Wildman–Crippen LogP) is 2.98. The molecule has 1 fully saturated rings. The second kappa shape index (κ2) is 7.14. The highest BCUT2D eigenvalue weighted by Gasteiger charge is 2.26. The molecule has 1 aliphatic rings. The quantitative estimate of drug-likeness (QED) is 0.840. The number of hydrogen-bond donors (Lipinski definition) is 0.